The number of rotatable bonds is 3. The lowest BCUT2D eigenvalue weighted by atomic mass is 9.93. The van der Waals surface area contributed by atoms with Gasteiger partial charge in [-0.3, -0.25) is 10.1 Å². The Bertz CT molecular complexity index is 526. The first-order valence-corrected chi connectivity index (χ1v) is 7.92. The van der Waals surface area contributed by atoms with Crippen molar-refractivity contribution in [1.29, 1.82) is 0 Å². The number of nitrogens with zero attached hydrogens (tertiary/aromatic N) is 2. The number of hydrogen-bond acceptors (Lipinski definition) is 4. The lowest BCUT2D eigenvalue weighted by Crippen LogP contribution is -2.50. The van der Waals surface area contributed by atoms with E-state index in [9.17, 15) is 10.1 Å². The zero-order valence-corrected chi connectivity index (χ0v) is 12.5. The summed E-state index contributed by atoms with van der Waals surface area (Å²) in [5.74, 6) is 0. The van der Waals surface area contributed by atoms with E-state index < -0.39 is 0 Å². The number of piperidine rings is 1. The zero-order chi connectivity index (χ0) is 14.8. The molecule has 2 aliphatic rings. The first kappa shape index (κ1) is 14.3. The topological polar surface area (TPSA) is 58.4 Å². The third-order valence-corrected chi connectivity index (χ3v) is 4.82. The molecule has 0 aromatic heterocycles. The Kier molecular flexibility index (Phi) is 4.10. The molecule has 3 rings (SSSR count). The summed E-state index contributed by atoms with van der Waals surface area (Å²) in [5, 5.41) is 14.6. The number of nitro benzene ring substituents is 1. The fourth-order valence-corrected chi connectivity index (χ4v) is 3.76. The number of aryl methyl sites for hydroxylation is 1. The molecule has 0 amide bonds. The SMILES string of the molecule is Cc1cc(N2CCCCC2C2CCCN2)ccc1[N+](=O)[O-]. The van der Waals surface area contributed by atoms with Crippen LogP contribution in [-0.4, -0.2) is 30.1 Å². The molecule has 5 nitrogen and oxygen atoms in total. The molecule has 0 radical (unpaired) electrons. The molecule has 2 unspecified atom stereocenters. The molecule has 0 aliphatic carbocycles. The quantitative estimate of drug-likeness (QED) is 0.686. The summed E-state index contributed by atoms with van der Waals surface area (Å²) < 4.78 is 0. The molecule has 0 bridgehead atoms. The molecule has 2 atom stereocenters. The molecule has 21 heavy (non-hydrogen) atoms. The van der Waals surface area contributed by atoms with Gasteiger partial charge in [-0.25, -0.2) is 0 Å². The van der Waals surface area contributed by atoms with Crippen molar-refractivity contribution in [3.05, 3.63) is 33.9 Å². The second kappa shape index (κ2) is 6.02. The van der Waals surface area contributed by atoms with Crippen molar-refractivity contribution in [3.8, 4) is 0 Å². The van der Waals surface area contributed by atoms with Gasteiger partial charge >= 0.3 is 0 Å². The third kappa shape index (κ3) is 2.88. The van der Waals surface area contributed by atoms with Crippen molar-refractivity contribution < 1.29 is 4.92 Å². The first-order valence-electron chi connectivity index (χ1n) is 7.92. The predicted molar refractivity (Wildman–Crippen MR) is 83.8 cm³/mol. The molecule has 2 fully saturated rings. The Balaban J connectivity index is 1.85. The maximum absolute atomic E-state index is 11.0. The van der Waals surface area contributed by atoms with E-state index in [-0.39, 0.29) is 10.6 Å². The van der Waals surface area contributed by atoms with Crippen LogP contribution in [0.2, 0.25) is 0 Å². The third-order valence-electron chi connectivity index (χ3n) is 4.82. The number of nitrogens with one attached hydrogen (secondary N) is 1. The molecule has 2 saturated heterocycles. The Morgan fingerprint density at radius 2 is 2.14 bits per heavy atom. The summed E-state index contributed by atoms with van der Waals surface area (Å²) in [6, 6.07) is 6.64. The second-order valence-corrected chi connectivity index (χ2v) is 6.19. The van der Waals surface area contributed by atoms with Gasteiger partial charge in [-0.1, -0.05) is 0 Å². The van der Waals surface area contributed by atoms with Gasteiger partial charge in [0.15, 0.2) is 0 Å². The van der Waals surface area contributed by atoms with Crippen LogP contribution in [0.4, 0.5) is 11.4 Å². The van der Waals surface area contributed by atoms with Gasteiger partial charge in [-0.15, -0.1) is 0 Å². The van der Waals surface area contributed by atoms with Crippen LogP contribution < -0.4 is 10.2 Å². The molecule has 114 valence electrons. The average molecular weight is 289 g/mol. The highest BCUT2D eigenvalue weighted by Crippen LogP contribution is 2.31. The fraction of sp³-hybridized carbons (Fsp3) is 0.625. The maximum Gasteiger partial charge on any atom is 0.272 e. The molecular weight excluding hydrogens is 266 g/mol. The Morgan fingerprint density at radius 3 is 2.81 bits per heavy atom. The molecule has 5 heteroatoms. The number of benzene rings is 1. The Morgan fingerprint density at radius 1 is 1.29 bits per heavy atom. The second-order valence-electron chi connectivity index (χ2n) is 6.19. The van der Waals surface area contributed by atoms with Crippen LogP contribution in [0, 0.1) is 17.0 Å². The number of anilines is 1. The summed E-state index contributed by atoms with van der Waals surface area (Å²) in [6.45, 7) is 4.00. The van der Waals surface area contributed by atoms with Crippen LogP contribution in [0.5, 0.6) is 0 Å². The highest BCUT2D eigenvalue weighted by molar-refractivity contribution is 5.56. The summed E-state index contributed by atoms with van der Waals surface area (Å²) in [4.78, 5) is 13.1. The minimum Gasteiger partial charge on any atom is -0.367 e. The summed E-state index contributed by atoms with van der Waals surface area (Å²) in [6.07, 6.45) is 6.21. The Labute approximate surface area is 125 Å². The zero-order valence-electron chi connectivity index (χ0n) is 12.5. The maximum atomic E-state index is 11.0. The van der Waals surface area contributed by atoms with Crippen LogP contribution in [-0.2, 0) is 0 Å². The monoisotopic (exact) mass is 289 g/mol. The normalized spacial score (nSPS) is 26.0. The van der Waals surface area contributed by atoms with Gasteiger partial charge in [-0.05, 0) is 57.7 Å². The van der Waals surface area contributed by atoms with Crippen molar-refractivity contribution >= 4 is 11.4 Å². The van der Waals surface area contributed by atoms with Gasteiger partial charge in [0, 0.05) is 35.9 Å². The van der Waals surface area contributed by atoms with Gasteiger partial charge < -0.3 is 10.2 Å². The summed E-state index contributed by atoms with van der Waals surface area (Å²) in [5.41, 5.74) is 2.10. The highest BCUT2D eigenvalue weighted by atomic mass is 16.6. The number of nitro groups is 1. The number of hydrogen-bond donors (Lipinski definition) is 1. The lowest BCUT2D eigenvalue weighted by molar-refractivity contribution is -0.385. The Hall–Kier alpha value is -1.62. The molecule has 2 heterocycles. The van der Waals surface area contributed by atoms with Crippen molar-refractivity contribution in [2.75, 3.05) is 18.0 Å². The summed E-state index contributed by atoms with van der Waals surface area (Å²) >= 11 is 0. The van der Waals surface area contributed by atoms with Crippen molar-refractivity contribution in [3.63, 3.8) is 0 Å². The molecule has 1 aromatic carbocycles. The molecular formula is C16H23N3O2. The van der Waals surface area contributed by atoms with Crippen LogP contribution in [0.3, 0.4) is 0 Å². The van der Waals surface area contributed by atoms with E-state index in [2.05, 4.69) is 10.2 Å². The van der Waals surface area contributed by atoms with Crippen LogP contribution >= 0.6 is 0 Å². The van der Waals surface area contributed by atoms with Crippen LogP contribution in [0.1, 0.15) is 37.7 Å². The van der Waals surface area contributed by atoms with Gasteiger partial charge in [0.25, 0.3) is 5.69 Å². The largest absolute Gasteiger partial charge is 0.367 e. The highest BCUT2D eigenvalue weighted by Gasteiger charge is 2.32. The van der Waals surface area contributed by atoms with E-state index in [4.69, 9.17) is 0 Å². The van der Waals surface area contributed by atoms with Gasteiger partial charge in [0.1, 0.15) is 0 Å². The average Bonchev–Trinajstić information content (AvgIpc) is 3.01. The van der Waals surface area contributed by atoms with E-state index in [1.165, 1.54) is 32.1 Å². The van der Waals surface area contributed by atoms with Gasteiger partial charge in [0.05, 0.1) is 4.92 Å². The van der Waals surface area contributed by atoms with Gasteiger partial charge in [-0.2, -0.15) is 0 Å². The predicted octanol–water partition coefficient (Wildman–Crippen LogP) is 3.01. The fourth-order valence-electron chi connectivity index (χ4n) is 3.76. The standard InChI is InChI=1S/C16H23N3O2/c1-12-11-13(7-8-15(12)19(20)21)18-10-3-2-6-16(18)14-5-4-9-17-14/h7-8,11,14,16-17H,2-6,9-10H2,1H3. The minimum atomic E-state index is -0.300. The smallest absolute Gasteiger partial charge is 0.272 e. The molecule has 1 aromatic rings. The van der Waals surface area contributed by atoms with E-state index in [0.717, 1.165) is 24.3 Å². The van der Waals surface area contributed by atoms with Crippen LogP contribution in [0.15, 0.2) is 18.2 Å². The molecule has 1 N–H and O–H groups in total. The van der Waals surface area contributed by atoms with Crippen molar-refractivity contribution in [1.82, 2.24) is 5.32 Å². The van der Waals surface area contributed by atoms with E-state index in [0.29, 0.717) is 12.1 Å². The lowest BCUT2D eigenvalue weighted by Gasteiger charge is -2.41. The van der Waals surface area contributed by atoms with Crippen LogP contribution in [0.25, 0.3) is 0 Å². The van der Waals surface area contributed by atoms with Crippen molar-refractivity contribution in [2.24, 2.45) is 0 Å². The van der Waals surface area contributed by atoms with Crippen molar-refractivity contribution in [2.45, 2.75) is 51.1 Å². The van der Waals surface area contributed by atoms with E-state index in [1.807, 2.05) is 19.1 Å². The summed E-state index contributed by atoms with van der Waals surface area (Å²) in [7, 11) is 0. The molecule has 0 spiro atoms. The molecule has 0 saturated carbocycles. The molecule has 2 aliphatic heterocycles. The van der Waals surface area contributed by atoms with Gasteiger partial charge in [0.2, 0.25) is 0 Å². The minimum absolute atomic E-state index is 0.214. The van der Waals surface area contributed by atoms with E-state index in [1.54, 1.807) is 6.07 Å². The van der Waals surface area contributed by atoms with E-state index >= 15 is 0 Å². The first-order chi connectivity index (χ1) is 10.2.